The third-order valence-corrected chi connectivity index (χ3v) is 2.74. The predicted molar refractivity (Wildman–Crippen MR) is 76.9 cm³/mol. The summed E-state index contributed by atoms with van der Waals surface area (Å²) in [5.74, 6) is 0. The number of nitro groups is 1. The molecule has 0 fully saturated rings. The molecule has 6 heteroatoms. The van der Waals surface area contributed by atoms with Gasteiger partial charge in [-0.3, -0.25) is 19.9 Å². The summed E-state index contributed by atoms with van der Waals surface area (Å²) in [5, 5.41) is 19.6. The van der Waals surface area contributed by atoms with E-state index in [1.54, 1.807) is 24.3 Å². The van der Waals surface area contributed by atoms with Gasteiger partial charge in [0.2, 0.25) is 0 Å². The zero-order valence-corrected chi connectivity index (χ0v) is 10.8. The van der Waals surface area contributed by atoms with Crippen LogP contribution < -0.4 is 0 Å². The van der Waals surface area contributed by atoms with Crippen LogP contribution in [-0.2, 0) is 0 Å². The standard InChI is InChI=1S/C15H9N3O3/c16-8-11-2-1-3-14(6-11)17-9-13-7-15(18(20)21)5-4-12(13)10-19/h1-7,9-10H. The number of nitrogens with zero attached hydrogens (tertiary/aromatic N) is 3. The third-order valence-electron chi connectivity index (χ3n) is 2.74. The van der Waals surface area contributed by atoms with E-state index in [4.69, 9.17) is 5.26 Å². The van der Waals surface area contributed by atoms with Crippen molar-refractivity contribution in [3.63, 3.8) is 0 Å². The molecule has 0 saturated heterocycles. The van der Waals surface area contributed by atoms with Crippen molar-refractivity contribution in [2.45, 2.75) is 0 Å². The molecule has 0 aliphatic carbocycles. The Balaban J connectivity index is 2.39. The summed E-state index contributed by atoms with van der Waals surface area (Å²) in [6.45, 7) is 0. The van der Waals surface area contributed by atoms with Gasteiger partial charge in [0.05, 0.1) is 22.2 Å². The molecule has 0 aliphatic heterocycles. The first kappa shape index (κ1) is 14.1. The number of nitro benzene ring substituents is 1. The molecule has 2 aromatic carbocycles. The van der Waals surface area contributed by atoms with Crippen LogP contribution >= 0.6 is 0 Å². The van der Waals surface area contributed by atoms with Crippen LogP contribution in [0.3, 0.4) is 0 Å². The fourth-order valence-electron chi connectivity index (χ4n) is 1.69. The summed E-state index contributed by atoms with van der Waals surface area (Å²) in [4.78, 5) is 25.3. The van der Waals surface area contributed by atoms with E-state index in [1.165, 1.54) is 24.4 Å². The molecule has 2 aromatic rings. The molecular weight excluding hydrogens is 270 g/mol. The summed E-state index contributed by atoms with van der Waals surface area (Å²) in [6, 6.07) is 12.5. The minimum Gasteiger partial charge on any atom is -0.298 e. The first-order valence-electron chi connectivity index (χ1n) is 5.92. The van der Waals surface area contributed by atoms with Crippen LogP contribution in [0.2, 0.25) is 0 Å². The molecular formula is C15H9N3O3. The molecule has 0 aromatic heterocycles. The van der Waals surface area contributed by atoms with Crippen LogP contribution in [0.15, 0.2) is 47.5 Å². The second-order valence-electron chi connectivity index (χ2n) is 4.11. The predicted octanol–water partition coefficient (Wildman–Crippen LogP) is 3.03. The zero-order chi connectivity index (χ0) is 15.2. The summed E-state index contributed by atoms with van der Waals surface area (Å²) in [7, 11) is 0. The molecule has 0 saturated carbocycles. The molecule has 0 heterocycles. The number of aldehydes is 1. The van der Waals surface area contributed by atoms with E-state index in [-0.39, 0.29) is 5.69 Å². The lowest BCUT2D eigenvalue weighted by molar-refractivity contribution is -0.384. The molecule has 0 radical (unpaired) electrons. The number of aliphatic imine (C=N–C) groups is 1. The van der Waals surface area contributed by atoms with Crippen molar-refractivity contribution in [1.29, 1.82) is 5.26 Å². The Morgan fingerprint density at radius 3 is 2.67 bits per heavy atom. The maximum absolute atomic E-state index is 10.9. The minimum atomic E-state index is -0.539. The van der Waals surface area contributed by atoms with Gasteiger partial charge < -0.3 is 0 Å². The lowest BCUT2D eigenvalue weighted by Crippen LogP contribution is -1.95. The number of non-ortho nitro benzene ring substituents is 1. The van der Waals surface area contributed by atoms with Gasteiger partial charge in [0.15, 0.2) is 6.29 Å². The normalized spacial score (nSPS) is 10.2. The molecule has 0 N–H and O–H groups in total. The van der Waals surface area contributed by atoms with E-state index in [1.807, 2.05) is 6.07 Å². The monoisotopic (exact) mass is 279 g/mol. The number of carbonyl (C=O) groups is 1. The number of rotatable bonds is 4. The summed E-state index contributed by atoms with van der Waals surface area (Å²) >= 11 is 0. The van der Waals surface area contributed by atoms with Crippen LogP contribution in [-0.4, -0.2) is 17.4 Å². The van der Waals surface area contributed by atoms with Crippen LogP contribution in [0.25, 0.3) is 0 Å². The second-order valence-corrected chi connectivity index (χ2v) is 4.11. The van der Waals surface area contributed by atoms with Gasteiger partial charge in [-0.15, -0.1) is 0 Å². The van der Waals surface area contributed by atoms with Crippen molar-refractivity contribution in [1.82, 2.24) is 0 Å². The van der Waals surface area contributed by atoms with Gasteiger partial charge in [-0.25, -0.2) is 0 Å². The maximum atomic E-state index is 10.9. The quantitative estimate of drug-likeness (QED) is 0.372. The van der Waals surface area contributed by atoms with Crippen molar-refractivity contribution in [2.24, 2.45) is 4.99 Å². The number of nitriles is 1. The summed E-state index contributed by atoms with van der Waals surface area (Å²) in [6.07, 6.45) is 1.98. The average molecular weight is 279 g/mol. The van der Waals surface area contributed by atoms with Crippen molar-refractivity contribution in [2.75, 3.05) is 0 Å². The van der Waals surface area contributed by atoms with Crippen LogP contribution in [0.1, 0.15) is 21.5 Å². The van der Waals surface area contributed by atoms with Gasteiger partial charge >= 0.3 is 0 Å². The Kier molecular flexibility index (Phi) is 4.17. The lowest BCUT2D eigenvalue weighted by Gasteiger charge is -1.99. The molecule has 0 amide bonds. The summed E-state index contributed by atoms with van der Waals surface area (Å²) in [5.41, 5.74) is 1.52. The maximum Gasteiger partial charge on any atom is 0.270 e. The van der Waals surface area contributed by atoms with Gasteiger partial charge in [-0.2, -0.15) is 5.26 Å². The second kappa shape index (κ2) is 6.21. The largest absolute Gasteiger partial charge is 0.298 e. The molecule has 0 spiro atoms. The molecule has 0 atom stereocenters. The van der Waals surface area contributed by atoms with E-state index < -0.39 is 4.92 Å². The molecule has 6 nitrogen and oxygen atoms in total. The van der Waals surface area contributed by atoms with Crippen molar-refractivity contribution in [3.8, 4) is 6.07 Å². The van der Waals surface area contributed by atoms with E-state index in [2.05, 4.69) is 4.99 Å². The Hall–Kier alpha value is -3.33. The fraction of sp³-hybridized carbons (Fsp3) is 0. The summed E-state index contributed by atoms with van der Waals surface area (Å²) < 4.78 is 0. The lowest BCUT2D eigenvalue weighted by atomic mass is 10.1. The highest BCUT2D eigenvalue weighted by atomic mass is 16.6. The van der Waals surface area contributed by atoms with Gasteiger partial charge in [0.25, 0.3) is 5.69 Å². The van der Waals surface area contributed by atoms with Crippen LogP contribution in [0, 0.1) is 21.4 Å². The Morgan fingerprint density at radius 2 is 2.00 bits per heavy atom. The highest BCUT2D eigenvalue weighted by molar-refractivity contribution is 5.94. The molecule has 0 bridgehead atoms. The third kappa shape index (κ3) is 3.36. The number of hydrogen-bond acceptors (Lipinski definition) is 5. The fourth-order valence-corrected chi connectivity index (χ4v) is 1.69. The first-order valence-corrected chi connectivity index (χ1v) is 5.92. The average Bonchev–Trinajstić information content (AvgIpc) is 2.52. The number of hydrogen-bond donors (Lipinski definition) is 0. The van der Waals surface area contributed by atoms with E-state index in [0.29, 0.717) is 28.7 Å². The van der Waals surface area contributed by atoms with Gasteiger partial charge in [0, 0.05) is 29.5 Å². The van der Waals surface area contributed by atoms with Crippen molar-refractivity contribution < 1.29 is 9.72 Å². The number of benzene rings is 2. The molecule has 0 unspecified atom stereocenters. The molecule has 102 valence electrons. The van der Waals surface area contributed by atoms with Crippen LogP contribution in [0.4, 0.5) is 11.4 Å². The first-order chi connectivity index (χ1) is 10.1. The number of carbonyl (C=O) groups excluding carboxylic acids is 1. The zero-order valence-electron chi connectivity index (χ0n) is 10.8. The van der Waals surface area contributed by atoms with Crippen molar-refractivity contribution in [3.05, 3.63) is 69.3 Å². The van der Waals surface area contributed by atoms with Crippen molar-refractivity contribution >= 4 is 23.9 Å². The molecule has 2 rings (SSSR count). The van der Waals surface area contributed by atoms with E-state index in [0.717, 1.165) is 0 Å². The highest BCUT2D eigenvalue weighted by Gasteiger charge is 2.09. The van der Waals surface area contributed by atoms with E-state index in [9.17, 15) is 14.9 Å². The van der Waals surface area contributed by atoms with Gasteiger partial charge in [0.1, 0.15) is 0 Å². The Bertz CT molecular complexity index is 776. The van der Waals surface area contributed by atoms with Crippen LogP contribution in [0.5, 0.6) is 0 Å². The van der Waals surface area contributed by atoms with E-state index >= 15 is 0 Å². The Morgan fingerprint density at radius 1 is 1.19 bits per heavy atom. The topological polar surface area (TPSA) is 96.4 Å². The smallest absolute Gasteiger partial charge is 0.270 e. The van der Waals surface area contributed by atoms with Gasteiger partial charge in [-0.1, -0.05) is 6.07 Å². The molecule has 21 heavy (non-hydrogen) atoms. The highest BCUT2D eigenvalue weighted by Crippen LogP contribution is 2.18. The molecule has 0 aliphatic rings. The van der Waals surface area contributed by atoms with Gasteiger partial charge in [-0.05, 0) is 24.3 Å². The Labute approximate surface area is 120 Å². The minimum absolute atomic E-state index is 0.118. The SMILES string of the molecule is N#Cc1cccc(N=Cc2cc([N+](=O)[O-])ccc2C=O)c1.